The number of hydrogen-bond donors (Lipinski definition) is 1. The van der Waals surface area contributed by atoms with Crippen molar-refractivity contribution in [2.45, 2.75) is 32.4 Å². The highest BCUT2D eigenvalue weighted by Gasteiger charge is 2.30. The van der Waals surface area contributed by atoms with Crippen molar-refractivity contribution >= 4 is 0 Å². The van der Waals surface area contributed by atoms with Crippen molar-refractivity contribution in [2.75, 3.05) is 13.2 Å². The first-order valence-corrected chi connectivity index (χ1v) is 3.59. The van der Waals surface area contributed by atoms with Crippen LogP contribution < -0.4 is 0 Å². The summed E-state index contributed by atoms with van der Waals surface area (Å²) in [6.07, 6.45) is -0.306. The molecule has 0 saturated carbocycles. The lowest BCUT2D eigenvalue weighted by Crippen LogP contribution is -2.38. The van der Waals surface area contributed by atoms with E-state index >= 15 is 0 Å². The molecule has 10 heavy (non-hydrogen) atoms. The molecule has 3 nitrogen and oxygen atoms in total. The SMILES string of the molecule is CC(C)(C)N1C[C@@H](O)CO1. The smallest absolute Gasteiger partial charge is 0.0958 e. The lowest BCUT2D eigenvalue weighted by molar-refractivity contribution is -0.166. The first-order chi connectivity index (χ1) is 4.50. The topological polar surface area (TPSA) is 32.7 Å². The van der Waals surface area contributed by atoms with Gasteiger partial charge in [0.2, 0.25) is 0 Å². The molecule has 0 bridgehead atoms. The van der Waals surface area contributed by atoms with Gasteiger partial charge < -0.3 is 5.11 Å². The molecule has 0 radical (unpaired) electrons. The van der Waals surface area contributed by atoms with Crippen LogP contribution in [0.4, 0.5) is 0 Å². The van der Waals surface area contributed by atoms with Crippen molar-refractivity contribution in [1.29, 1.82) is 0 Å². The Morgan fingerprint density at radius 3 is 2.30 bits per heavy atom. The van der Waals surface area contributed by atoms with E-state index in [1.807, 2.05) is 5.06 Å². The van der Waals surface area contributed by atoms with Gasteiger partial charge in [0.1, 0.15) is 0 Å². The van der Waals surface area contributed by atoms with Gasteiger partial charge in [0.05, 0.1) is 19.3 Å². The predicted octanol–water partition coefficient (Wildman–Crippen LogP) is 0.393. The summed E-state index contributed by atoms with van der Waals surface area (Å²) in [5.41, 5.74) is 0.0114. The van der Waals surface area contributed by atoms with E-state index in [2.05, 4.69) is 20.8 Å². The van der Waals surface area contributed by atoms with E-state index in [1.54, 1.807) is 0 Å². The number of β-amino-alcohol motifs (C(OH)–C–C–N with tert-alkyl or cyclic N) is 1. The summed E-state index contributed by atoms with van der Waals surface area (Å²) in [5.74, 6) is 0. The second-order valence-electron chi connectivity index (χ2n) is 3.68. The number of hydrogen-bond acceptors (Lipinski definition) is 3. The fourth-order valence-corrected chi connectivity index (χ4v) is 0.940. The maximum Gasteiger partial charge on any atom is 0.0958 e. The summed E-state index contributed by atoms with van der Waals surface area (Å²) in [6, 6.07) is 0. The Bertz CT molecular complexity index is 119. The molecular weight excluding hydrogens is 130 g/mol. The van der Waals surface area contributed by atoms with Crippen molar-refractivity contribution in [3.63, 3.8) is 0 Å². The van der Waals surface area contributed by atoms with E-state index < -0.39 is 0 Å². The minimum Gasteiger partial charge on any atom is -0.389 e. The van der Waals surface area contributed by atoms with Crippen LogP contribution in [-0.4, -0.2) is 35.0 Å². The quantitative estimate of drug-likeness (QED) is 0.535. The highest BCUT2D eigenvalue weighted by atomic mass is 16.7. The maximum atomic E-state index is 9.10. The number of aliphatic hydroxyl groups is 1. The molecule has 1 aliphatic rings. The Morgan fingerprint density at radius 2 is 2.10 bits per heavy atom. The van der Waals surface area contributed by atoms with Crippen LogP contribution in [0.15, 0.2) is 0 Å². The van der Waals surface area contributed by atoms with Gasteiger partial charge in [0.25, 0.3) is 0 Å². The summed E-state index contributed by atoms with van der Waals surface area (Å²) in [6.45, 7) is 7.25. The van der Waals surface area contributed by atoms with Crippen LogP contribution >= 0.6 is 0 Å². The maximum absolute atomic E-state index is 9.10. The first-order valence-electron chi connectivity index (χ1n) is 3.59. The molecule has 1 heterocycles. The molecule has 0 aromatic rings. The molecule has 1 N–H and O–H groups in total. The van der Waals surface area contributed by atoms with E-state index in [-0.39, 0.29) is 11.6 Å². The van der Waals surface area contributed by atoms with Gasteiger partial charge in [-0.2, -0.15) is 5.06 Å². The average molecular weight is 145 g/mol. The molecule has 1 saturated heterocycles. The van der Waals surface area contributed by atoms with Gasteiger partial charge in [0, 0.05) is 5.54 Å². The summed E-state index contributed by atoms with van der Waals surface area (Å²) in [5, 5.41) is 10.9. The number of nitrogens with zero attached hydrogens (tertiary/aromatic N) is 1. The van der Waals surface area contributed by atoms with E-state index in [0.29, 0.717) is 13.2 Å². The number of hydroxylamine groups is 2. The molecule has 1 fully saturated rings. The molecule has 0 aromatic heterocycles. The Hall–Kier alpha value is -0.120. The molecule has 0 amide bonds. The third kappa shape index (κ3) is 1.68. The molecule has 0 aromatic carbocycles. The molecule has 1 rings (SSSR count). The standard InChI is InChI=1S/C7H15NO2/c1-7(2,3)8-4-6(9)5-10-8/h6,9H,4-5H2,1-3H3/t6-/m1/s1. The van der Waals surface area contributed by atoms with Gasteiger partial charge in [-0.3, -0.25) is 4.84 Å². The lowest BCUT2D eigenvalue weighted by Gasteiger charge is -2.29. The van der Waals surface area contributed by atoms with Gasteiger partial charge in [-0.05, 0) is 20.8 Å². The van der Waals surface area contributed by atoms with Crippen LogP contribution in [0.2, 0.25) is 0 Å². The minimum absolute atomic E-state index is 0.0114. The molecule has 1 aliphatic heterocycles. The monoisotopic (exact) mass is 145 g/mol. The van der Waals surface area contributed by atoms with Crippen molar-refractivity contribution in [3.05, 3.63) is 0 Å². The number of aliphatic hydroxyl groups excluding tert-OH is 1. The zero-order valence-electron chi connectivity index (χ0n) is 6.79. The Kier molecular flexibility index (Phi) is 1.99. The predicted molar refractivity (Wildman–Crippen MR) is 38.4 cm³/mol. The Labute approximate surface area is 61.5 Å². The summed E-state index contributed by atoms with van der Waals surface area (Å²) < 4.78 is 0. The fourth-order valence-electron chi connectivity index (χ4n) is 0.940. The molecule has 0 spiro atoms. The molecule has 1 atom stereocenters. The molecule has 0 aliphatic carbocycles. The van der Waals surface area contributed by atoms with Crippen LogP contribution in [0.25, 0.3) is 0 Å². The van der Waals surface area contributed by atoms with Crippen LogP contribution in [-0.2, 0) is 4.84 Å². The van der Waals surface area contributed by atoms with Crippen molar-refractivity contribution < 1.29 is 9.94 Å². The van der Waals surface area contributed by atoms with Crippen molar-refractivity contribution in [1.82, 2.24) is 5.06 Å². The van der Waals surface area contributed by atoms with Gasteiger partial charge in [0.15, 0.2) is 0 Å². The normalized spacial score (nSPS) is 29.4. The third-order valence-electron chi connectivity index (χ3n) is 1.55. The van der Waals surface area contributed by atoms with Crippen LogP contribution in [0.1, 0.15) is 20.8 Å². The molecule has 60 valence electrons. The highest BCUT2D eigenvalue weighted by Crippen LogP contribution is 2.18. The fraction of sp³-hybridized carbons (Fsp3) is 1.00. The molecule has 3 heteroatoms. The van der Waals surface area contributed by atoms with E-state index in [9.17, 15) is 0 Å². The minimum atomic E-state index is -0.306. The molecule has 0 unspecified atom stereocenters. The molecular formula is C7H15NO2. The highest BCUT2D eigenvalue weighted by molar-refractivity contribution is 4.76. The average Bonchev–Trinajstić information content (AvgIpc) is 2.11. The van der Waals surface area contributed by atoms with E-state index in [0.717, 1.165) is 0 Å². The van der Waals surface area contributed by atoms with Crippen LogP contribution in [0, 0.1) is 0 Å². The van der Waals surface area contributed by atoms with Crippen molar-refractivity contribution in [2.24, 2.45) is 0 Å². The summed E-state index contributed by atoms with van der Waals surface area (Å²) >= 11 is 0. The third-order valence-corrected chi connectivity index (χ3v) is 1.55. The lowest BCUT2D eigenvalue weighted by atomic mass is 10.1. The van der Waals surface area contributed by atoms with E-state index in [1.165, 1.54) is 0 Å². The van der Waals surface area contributed by atoms with Gasteiger partial charge in [-0.1, -0.05) is 0 Å². The Balaban J connectivity index is 2.45. The van der Waals surface area contributed by atoms with E-state index in [4.69, 9.17) is 9.94 Å². The van der Waals surface area contributed by atoms with Crippen LogP contribution in [0.3, 0.4) is 0 Å². The first kappa shape index (κ1) is 7.98. The second kappa shape index (κ2) is 2.49. The largest absolute Gasteiger partial charge is 0.389 e. The zero-order valence-corrected chi connectivity index (χ0v) is 6.79. The zero-order chi connectivity index (χ0) is 7.78. The summed E-state index contributed by atoms with van der Waals surface area (Å²) in [7, 11) is 0. The van der Waals surface area contributed by atoms with Gasteiger partial charge >= 0.3 is 0 Å². The number of rotatable bonds is 0. The van der Waals surface area contributed by atoms with Gasteiger partial charge in [-0.15, -0.1) is 0 Å². The second-order valence-corrected chi connectivity index (χ2v) is 3.68. The summed E-state index contributed by atoms with van der Waals surface area (Å²) in [4.78, 5) is 5.21. The van der Waals surface area contributed by atoms with Gasteiger partial charge in [-0.25, -0.2) is 0 Å². The Morgan fingerprint density at radius 1 is 1.50 bits per heavy atom. The van der Waals surface area contributed by atoms with Crippen LogP contribution in [0.5, 0.6) is 0 Å². The van der Waals surface area contributed by atoms with Crippen molar-refractivity contribution in [3.8, 4) is 0 Å².